The number of ether oxygens (including phenoxy) is 1. The van der Waals surface area contributed by atoms with E-state index in [0.717, 1.165) is 50.3 Å². The first kappa shape index (κ1) is 15.1. The van der Waals surface area contributed by atoms with E-state index in [-0.39, 0.29) is 12.1 Å². The molecule has 22 heavy (non-hydrogen) atoms. The highest BCUT2D eigenvalue weighted by Crippen LogP contribution is 2.19. The predicted molar refractivity (Wildman–Crippen MR) is 85.1 cm³/mol. The first-order valence-electron chi connectivity index (χ1n) is 8.16. The Morgan fingerprint density at radius 1 is 1.41 bits per heavy atom. The summed E-state index contributed by atoms with van der Waals surface area (Å²) < 4.78 is 5.35. The summed E-state index contributed by atoms with van der Waals surface area (Å²) in [6, 6.07) is 4.22. The van der Waals surface area contributed by atoms with Crippen molar-refractivity contribution in [1.82, 2.24) is 15.6 Å². The Labute approximate surface area is 131 Å². The summed E-state index contributed by atoms with van der Waals surface area (Å²) in [5.41, 5.74) is 2.30. The fraction of sp³-hybridized carbons (Fsp3) is 0.625. The molecular formula is C16H24N4O2. The predicted octanol–water partition coefficient (Wildman–Crippen LogP) is 1.46. The summed E-state index contributed by atoms with van der Waals surface area (Å²) in [6.45, 7) is 3.00. The number of urea groups is 1. The van der Waals surface area contributed by atoms with Crippen molar-refractivity contribution >= 4 is 11.8 Å². The van der Waals surface area contributed by atoms with Crippen LogP contribution in [0.3, 0.4) is 0 Å². The van der Waals surface area contributed by atoms with Gasteiger partial charge in [-0.1, -0.05) is 6.07 Å². The maximum atomic E-state index is 11.8. The second-order valence-electron chi connectivity index (χ2n) is 5.90. The zero-order chi connectivity index (χ0) is 15.2. The van der Waals surface area contributed by atoms with Gasteiger partial charge in [0.2, 0.25) is 0 Å². The maximum Gasteiger partial charge on any atom is 0.315 e. The SMILES string of the molecule is O=C(NCCc1ccc2c(n1)NCCC2)NC1CCCOC1. The highest BCUT2D eigenvalue weighted by molar-refractivity contribution is 5.74. The van der Waals surface area contributed by atoms with Crippen molar-refractivity contribution in [1.29, 1.82) is 0 Å². The van der Waals surface area contributed by atoms with E-state index in [2.05, 4.69) is 33.1 Å². The van der Waals surface area contributed by atoms with Gasteiger partial charge in [0.25, 0.3) is 0 Å². The van der Waals surface area contributed by atoms with E-state index in [4.69, 9.17) is 4.74 Å². The quantitative estimate of drug-likeness (QED) is 0.787. The molecule has 0 aliphatic carbocycles. The van der Waals surface area contributed by atoms with Crippen LogP contribution >= 0.6 is 0 Å². The number of amides is 2. The van der Waals surface area contributed by atoms with E-state index >= 15 is 0 Å². The monoisotopic (exact) mass is 304 g/mol. The Balaban J connectivity index is 1.41. The van der Waals surface area contributed by atoms with Crippen LogP contribution in [-0.4, -0.2) is 43.4 Å². The van der Waals surface area contributed by atoms with Crippen molar-refractivity contribution in [3.05, 3.63) is 23.4 Å². The molecule has 2 amide bonds. The van der Waals surface area contributed by atoms with Gasteiger partial charge in [0, 0.05) is 31.8 Å². The van der Waals surface area contributed by atoms with Crippen molar-refractivity contribution in [2.24, 2.45) is 0 Å². The summed E-state index contributed by atoms with van der Waals surface area (Å²) in [5.74, 6) is 1.01. The van der Waals surface area contributed by atoms with Gasteiger partial charge in [0.05, 0.1) is 12.6 Å². The average Bonchev–Trinajstić information content (AvgIpc) is 2.55. The molecule has 3 N–H and O–H groups in total. The van der Waals surface area contributed by atoms with E-state index < -0.39 is 0 Å². The van der Waals surface area contributed by atoms with Crippen LogP contribution in [0.1, 0.15) is 30.5 Å². The number of carbonyl (C=O) groups excluding carboxylic acids is 1. The summed E-state index contributed by atoms with van der Waals surface area (Å²) in [4.78, 5) is 16.4. The van der Waals surface area contributed by atoms with Gasteiger partial charge in [-0.15, -0.1) is 0 Å². The van der Waals surface area contributed by atoms with Crippen LogP contribution in [-0.2, 0) is 17.6 Å². The van der Waals surface area contributed by atoms with E-state index in [9.17, 15) is 4.79 Å². The fourth-order valence-electron chi connectivity index (χ4n) is 2.90. The molecule has 3 heterocycles. The van der Waals surface area contributed by atoms with Gasteiger partial charge in [-0.3, -0.25) is 0 Å². The molecule has 0 radical (unpaired) electrons. The molecular weight excluding hydrogens is 280 g/mol. The molecule has 1 aromatic heterocycles. The minimum atomic E-state index is -0.119. The Morgan fingerprint density at radius 3 is 3.23 bits per heavy atom. The molecule has 2 aliphatic rings. The van der Waals surface area contributed by atoms with Crippen molar-refractivity contribution in [2.45, 2.75) is 38.1 Å². The highest BCUT2D eigenvalue weighted by Gasteiger charge is 2.16. The third kappa shape index (κ3) is 4.10. The number of hydrogen-bond donors (Lipinski definition) is 3. The van der Waals surface area contributed by atoms with Gasteiger partial charge in [-0.25, -0.2) is 9.78 Å². The fourth-order valence-corrected chi connectivity index (χ4v) is 2.90. The van der Waals surface area contributed by atoms with Crippen LogP contribution in [0.5, 0.6) is 0 Å². The summed E-state index contributed by atoms with van der Waals surface area (Å²) in [6.07, 6.45) is 5.01. The normalized spacial score (nSPS) is 20.6. The van der Waals surface area contributed by atoms with Crippen LogP contribution in [0.25, 0.3) is 0 Å². The molecule has 0 bridgehead atoms. The summed E-state index contributed by atoms with van der Waals surface area (Å²) in [7, 11) is 0. The molecule has 1 fully saturated rings. The highest BCUT2D eigenvalue weighted by atomic mass is 16.5. The Kier molecular flexibility index (Phi) is 5.11. The minimum Gasteiger partial charge on any atom is -0.379 e. The van der Waals surface area contributed by atoms with Gasteiger partial charge < -0.3 is 20.7 Å². The molecule has 1 atom stereocenters. The number of hydrogen-bond acceptors (Lipinski definition) is 4. The lowest BCUT2D eigenvalue weighted by atomic mass is 10.1. The third-order valence-electron chi connectivity index (χ3n) is 4.11. The van der Waals surface area contributed by atoms with Gasteiger partial charge >= 0.3 is 6.03 Å². The second-order valence-corrected chi connectivity index (χ2v) is 5.90. The Hall–Kier alpha value is -1.82. The van der Waals surface area contributed by atoms with Crippen LogP contribution < -0.4 is 16.0 Å². The average molecular weight is 304 g/mol. The summed E-state index contributed by atoms with van der Waals surface area (Å²) >= 11 is 0. The standard InChI is InChI=1S/C16H24N4O2/c21-16(20-14-4-2-10-22-11-14)18-9-7-13-6-5-12-3-1-8-17-15(12)19-13/h5-6,14H,1-4,7-11H2,(H,17,19)(H2,18,20,21). The molecule has 0 saturated carbocycles. The smallest absolute Gasteiger partial charge is 0.315 e. The molecule has 0 aromatic carbocycles. The van der Waals surface area contributed by atoms with Gasteiger partial charge in [0.1, 0.15) is 5.82 Å². The van der Waals surface area contributed by atoms with Gasteiger partial charge in [-0.2, -0.15) is 0 Å². The van der Waals surface area contributed by atoms with E-state index in [1.165, 1.54) is 12.0 Å². The van der Waals surface area contributed by atoms with Crippen molar-refractivity contribution < 1.29 is 9.53 Å². The van der Waals surface area contributed by atoms with Crippen molar-refractivity contribution in [3.63, 3.8) is 0 Å². The lowest BCUT2D eigenvalue weighted by Crippen LogP contribution is -2.46. The molecule has 120 valence electrons. The topological polar surface area (TPSA) is 75.3 Å². The van der Waals surface area contributed by atoms with Gasteiger partial charge in [-0.05, 0) is 37.3 Å². The molecule has 0 spiro atoms. The molecule has 1 aromatic rings. The molecule has 2 aliphatic heterocycles. The number of nitrogens with zero attached hydrogens (tertiary/aromatic N) is 1. The number of aromatic nitrogens is 1. The van der Waals surface area contributed by atoms with Crippen LogP contribution in [0.4, 0.5) is 10.6 Å². The van der Waals surface area contributed by atoms with E-state index in [1.807, 2.05) is 0 Å². The number of fused-ring (bicyclic) bond motifs is 1. The van der Waals surface area contributed by atoms with E-state index in [0.29, 0.717) is 13.2 Å². The zero-order valence-electron chi connectivity index (χ0n) is 12.9. The third-order valence-corrected chi connectivity index (χ3v) is 4.11. The molecule has 6 heteroatoms. The van der Waals surface area contributed by atoms with Crippen molar-refractivity contribution in [3.8, 4) is 0 Å². The van der Waals surface area contributed by atoms with Crippen molar-refractivity contribution in [2.75, 3.05) is 31.6 Å². The number of anilines is 1. The number of carbonyl (C=O) groups is 1. The lowest BCUT2D eigenvalue weighted by Gasteiger charge is -2.23. The van der Waals surface area contributed by atoms with Crippen LogP contribution in [0.2, 0.25) is 0 Å². The first-order chi connectivity index (χ1) is 10.8. The molecule has 3 rings (SSSR count). The molecule has 1 saturated heterocycles. The number of aryl methyl sites for hydroxylation is 1. The van der Waals surface area contributed by atoms with Crippen LogP contribution in [0.15, 0.2) is 12.1 Å². The van der Waals surface area contributed by atoms with Gasteiger partial charge in [0.15, 0.2) is 0 Å². The minimum absolute atomic E-state index is 0.119. The lowest BCUT2D eigenvalue weighted by molar-refractivity contribution is 0.0732. The number of rotatable bonds is 4. The first-order valence-corrected chi connectivity index (χ1v) is 8.16. The zero-order valence-corrected chi connectivity index (χ0v) is 12.9. The van der Waals surface area contributed by atoms with E-state index in [1.54, 1.807) is 0 Å². The number of nitrogens with one attached hydrogen (secondary N) is 3. The summed E-state index contributed by atoms with van der Waals surface area (Å²) in [5, 5.41) is 9.17. The second kappa shape index (κ2) is 7.45. The largest absolute Gasteiger partial charge is 0.379 e. The maximum absolute atomic E-state index is 11.8. The Bertz CT molecular complexity index is 515. The Morgan fingerprint density at radius 2 is 2.36 bits per heavy atom. The van der Waals surface area contributed by atoms with Crippen LogP contribution in [0, 0.1) is 0 Å². The molecule has 1 unspecified atom stereocenters. The molecule has 6 nitrogen and oxygen atoms in total. The number of pyridine rings is 1.